The van der Waals surface area contributed by atoms with Crippen LogP contribution in [0.25, 0.3) is 0 Å². The minimum atomic E-state index is -0.0451. The minimum Gasteiger partial charge on any atom is -0.356 e. The van der Waals surface area contributed by atoms with Crippen LogP contribution in [-0.4, -0.2) is 12.5 Å². The van der Waals surface area contributed by atoms with E-state index < -0.39 is 0 Å². The zero-order valence-corrected chi connectivity index (χ0v) is 10.0. The van der Waals surface area contributed by atoms with E-state index in [1.165, 1.54) is 0 Å². The third kappa shape index (κ3) is 2.81. The third-order valence-corrected chi connectivity index (χ3v) is 3.57. The Morgan fingerprint density at radius 3 is 2.85 bits per heavy atom. The molecule has 0 saturated carbocycles. The highest BCUT2D eigenvalue weighted by molar-refractivity contribution is 9.11. The molecule has 1 rings (SSSR count). The van der Waals surface area contributed by atoms with Crippen molar-refractivity contribution in [3.05, 3.63) is 20.8 Å². The Bertz CT molecular complexity index is 298. The van der Waals surface area contributed by atoms with Gasteiger partial charge in [0.2, 0.25) is 5.91 Å². The van der Waals surface area contributed by atoms with Crippen molar-refractivity contribution >= 4 is 33.2 Å². The summed E-state index contributed by atoms with van der Waals surface area (Å²) in [6.45, 7) is 4.54. The van der Waals surface area contributed by atoms with Crippen LogP contribution in [0.2, 0.25) is 0 Å². The molecule has 1 aromatic rings. The smallest absolute Gasteiger partial charge is 0.228 e. The van der Waals surface area contributed by atoms with Gasteiger partial charge in [-0.3, -0.25) is 4.79 Å². The zero-order chi connectivity index (χ0) is 9.84. The second-order valence-corrected chi connectivity index (χ2v) is 5.25. The molecule has 0 bridgehead atoms. The summed E-state index contributed by atoms with van der Waals surface area (Å²) in [7, 11) is 0. The summed E-state index contributed by atoms with van der Waals surface area (Å²) in [6.07, 6.45) is 0. The van der Waals surface area contributed by atoms with E-state index in [-0.39, 0.29) is 11.8 Å². The Hall–Kier alpha value is -0.350. The molecule has 0 aliphatic carbocycles. The predicted octanol–water partition coefficient (Wildman–Crippen LogP) is 2.75. The number of likely N-dealkylation sites (N-methyl/N-ethyl adjacent to an activating group) is 1. The van der Waals surface area contributed by atoms with Crippen LogP contribution in [-0.2, 0) is 4.79 Å². The third-order valence-electron chi connectivity index (χ3n) is 1.77. The molecule has 2 nitrogen and oxygen atoms in total. The Kier molecular flexibility index (Phi) is 3.93. The fraction of sp³-hybridized carbons (Fsp3) is 0.444. The number of rotatable bonds is 3. The molecule has 4 heteroatoms. The number of halogens is 1. The van der Waals surface area contributed by atoms with E-state index in [0.717, 1.165) is 8.66 Å². The van der Waals surface area contributed by atoms with Crippen molar-refractivity contribution in [2.45, 2.75) is 19.8 Å². The average Bonchev–Trinajstić information content (AvgIpc) is 2.51. The van der Waals surface area contributed by atoms with E-state index in [1.54, 1.807) is 11.3 Å². The molecular formula is C9H12BrNOS. The standard InChI is InChI=1S/C9H12BrNOS/c1-3-11-9(12)6(2)7-4-5-8(10)13-7/h4-6H,3H2,1-2H3,(H,11,12). The first-order valence-corrected chi connectivity index (χ1v) is 5.79. The van der Waals surface area contributed by atoms with Gasteiger partial charge >= 0.3 is 0 Å². The lowest BCUT2D eigenvalue weighted by Crippen LogP contribution is -2.27. The van der Waals surface area contributed by atoms with Gasteiger partial charge < -0.3 is 5.32 Å². The summed E-state index contributed by atoms with van der Waals surface area (Å²) >= 11 is 4.98. The van der Waals surface area contributed by atoms with E-state index in [4.69, 9.17) is 0 Å². The monoisotopic (exact) mass is 261 g/mol. The van der Waals surface area contributed by atoms with Crippen LogP contribution in [0.15, 0.2) is 15.9 Å². The molecule has 0 aromatic carbocycles. The second-order valence-electron chi connectivity index (χ2n) is 2.76. The molecule has 1 unspecified atom stereocenters. The van der Waals surface area contributed by atoms with Crippen molar-refractivity contribution in [3.8, 4) is 0 Å². The zero-order valence-electron chi connectivity index (χ0n) is 7.63. The summed E-state index contributed by atoms with van der Waals surface area (Å²) in [5.41, 5.74) is 0. The highest BCUT2D eigenvalue weighted by atomic mass is 79.9. The van der Waals surface area contributed by atoms with E-state index >= 15 is 0 Å². The normalized spacial score (nSPS) is 12.5. The lowest BCUT2D eigenvalue weighted by molar-refractivity contribution is -0.122. The molecule has 0 saturated heterocycles. The van der Waals surface area contributed by atoms with Crippen molar-refractivity contribution in [3.63, 3.8) is 0 Å². The van der Waals surface area contributed by atoms with Gasteiger partial charge in [0.05, 0.1) is 9.70 Å². The predicted molar refractivity (Wildman–Crippen MR) is 59.1 cm³/mol. The van der Waals surface area contributed by atoms with Crippen molar-refractivity contribution < 1.29 is 4.79 Å². The molecule has 1 amide bonds. The van der Waals surface area contributed by atoms with Crippen LogP contribution in [0.3, 0.4) is 0 Å². The molecule has 1 atom stereocenters. The van der Waals surface area contributed by atoms with Gasteiger partial charge in [-0.1, -0.05) is 0 Å². The van der Waals surface area contributed by atoms with Gasteiger partial charge in [0.25, 0.3) is 0 Å². The van der Waals surface area contributed by atoms with Gasteiger partial charge in [-0.25, -0.2) is 0 Å². The van der Waals surface area contributed by atoms with E-state index in [1.807, 2.05) is 26.0 Å². The first-order chi connectivity index (χ1) is 6.15. The summed E-state index contributed by atoms with van der Waals surface area (Å²) in [4.78, 5) is 12.5. The maximum atomic E-state index is 11.4. The molecule has 1 heterocycles. The van der Waals surface area contributed by atoms with Crippen molar-refractivity contribution in [1.82, 2.24) is 5.32 Å². The first-order valence-electron chi connectivity index (χ1n) is 4.18. The van der Waals surface area contributed by atoms with E-state index in [2.05, 4.69) is 21.2 Å². The number of amides is 1. The van der Waals surface area contributed by atoms with Crippen molar-refractivity contribution in [2.75, 3.05) is 6.54 Å². The fourth-order valence-electron chi connectivity index (χ4n) is 1.02. The highest BCUT2D eigenvalue weighted by Gasteiger charge is 2.15. The summed E-state index contributed by atoms with van der Waals surface area (Å²) in [5, 5.41) is 2.81. The van der Waals surface area contributed by atoms with Crippen LogP contribution < -0.4 is 5.32 Å². The quantitative estimate of drug-likeness (QED) is 0.891. The van der Waals surface area contributed by atoms with Crippen molar-refractivity contribution in [1.29, 1.82) is 0 Å². The van der Waals surface area contributed by atoms with Crippen LogP contribution >= 0.6 is 27.3 Å². The molecule has 1 N–H and O–H groups in total. The minimum absolute atomic E-state index is 0.0451. The number of hydrogen-bond acceptors (Lipinski definition) is 2. The topological polar surface area (TPSA) is 29.1 Å². The van der Waals surface area contributed by atoms with Gasteiger partial charge in [0.1, 0.15) is 0 Å². The van der Waals surface area contributed by atoms with E-state index in [9.17, 15) is 4.79 Å². The number of carbonyl (C=O) groups is 1. The Balaban J connectivity index is 2.67. The lowest BCUT2D eigenvalue weighted by Gasteiger charge is -2.08. The molecule has 0 fully saturated rings. The summed E-state index contributed by atoms with van der Waals surface area (Å²) in [5.74, 6) is 0.0492. The molecular weight excluding hydrogens is 250 g/mol. The number of nitrogens with one attached hydrogen (secondary N) is 1. The molecule has 72 valence electrons. The molecule has 13 heavy (non-hydrogen) atoms. The van der Waals surface area contributed by atoms with Gasteiger partial charge in [0.15, 0.2) is 0 Å². The first kappa shape index (κ1) is 10.7. The van der Waals surface area contributed by atoms with Gasteiger partial charge in [0, 0.05) is 11.4 Å². The Labute approximate surface area is 90.5 Å². The molecule has 0 aliphatic heterocycles. The van der Waals surface area contributed by atoms with Gasteiger partial charge in [-0.2, -0.15) is 0 Å². The van der Waals surface area contributed by atoms with Crippen LogP contribution in [0.5, 0.6) is 0 Å². The average molecular weight is 262 g/mol. The summed E-state index contributed by atoms with van der Waals surface area (Å²) < 4.78 is 1.07. The lowest BCUT2D eigenvalue weighted by atomic mass is 10.1. The molecule has 0 radical (unpaired) electrons. The summed E-state index contributed by atoms with van der Waals surface area (Å²) in [6, 6.07) is 3.95. The van der Waals surface area contributed by atoms with Crippen LogP contribution in [0.4, 0.5) is 0 Å². The van der Waals surface area contributed by atoms with E-state index in [0.29, 0.717) is 6.54 Å². The molecule has 0 aliphatic rings. The number of thiophene rings is 1. The van der Waals surface area contributed by atoms with Crippen molar-refractivity contribution in [2.24, 2.45) is 0 Å². The maximum absolute atomic E-state index is 11.4. The fourth-order valence-corrected chi connectivity index (χ4v) is 2.49. The van der Waals surface area contributed by atoms with Crippen LogP contribution in [0, 0.1) is 0 Å². The molecule has 1 aromatic heterocycles. The SMILES string of the molecule is CCNC(=O)C(C)c1ccc(Br)s1. The Morgan fingerprint density at radius 1 is 1.69 bits per heavy atom. The van der Waals surface area contributed by atoms with Gasteiger partial charge in [-0.05, 0) is 41.9 Å². The maximum Gasteiger partial charge on any atom is 0.228 e. The highest BCUT2D eigenvalue weighted by Crippen LogP contribution is 2.28. The van der Waals surface area contributed by atoms with Gasteiger partial charge in [-0.15, -0.1) is 11.3 Å². The molecule has 0 spiro atoms. The Morgan fingerprint density at radius 2 is 2.38 bits per heavy atom. The van der Waals surface area contributed by atoms with Crippen LogP contribution in [0.1, 0.15) is 24.6 Å². The number of hydrogen-bond donors (Lipinski definition) is 1. The largest absolute Gasteiger partial charge is 0.356 e. The second kappa shape index (κ2) is 4.77. The number of carbonyl (C=O) groups excluding carboxylic acids is 1.